The largest absolute Gasteiger partial charge is 0.343 e. The Morgan fingerprint density at radius 3 is 2.50 bits per heavy atom. The van der Waals surface area contributed by atoms with Crippen molar-refractivity contribution in [1.82, 2.24) is 10.2 Å². The molecular formula is C14H26N2O2. The SMILES string of the molecule is CCCCCN1C(=O)C(CC(C)C)NC(=O)C1C. The third kappa shape index (κ3) is 3.72. The summed E-state index contributed by atoms with van der Waals surface area (Å²) in [6.45, 7) is 8.79. The molecule has 1 N–H and O–H groups in total. The van der Waals surface area contributed by atoms with Gasteiger partial charge in [0.05, 0.1) is 0 Å². The summed E-state index contributed by atoms with van der Waals surface area (Å²) in [6, 6.07) is -0.645. The Labute approximate surface area is 110 Å². The van der Waals surface area contributed by atoms with Crippen LogP contribution in [0.1, 0.15) is 53.4 Å². The first-order valence-corrected chi connectivity index (χ1v) is 7.08. The number of unbranched alkanes of at least 4 members (excludes halogenated alkanes) is 2. The van der Waals surface area contributed by atoms with Crippen molar-refractivity contribution in [2.24, 2.45) is 5.92 Å². The molecule has 18 heavy (non-hydrogen) atoms. The van der Waals surface area contributed by atoms with E-state index in [0.29, 0.717) is 12.5 Å². The maximum Gasteiger partial charge on any atom is 0.245 e. The first kappa shape index (κ1) is 15.0. The van der Waals surface area contributed by atoms with Crippen molar-refractivity contribution in [3.05, 3.63) is 0 Å². The highest BCUT2D eigenvalue weighted by Crippen LogP contribution is 2.16. The lowest BCUT2D eigenvalue weighted by Crippen LogP contribution is -2.62. The number of hydrogen-bond donors (Lipinski definition) is 1. The van der Waals surface area contributed by atoms with Crippen molar-refractivity contribution in [3.63, 3.8) is 0 Å². The molecule has 4 nitrogen and oxygen atoms in total. The average molecular weight is 254 g/mol. The van der Waals surface area contributed by atoms with E-state index in [9.17, 15) is 9.59 Å². The molecule has 1 saturated heterocycles. The summed E-state index contributed by atoms with van der Waals surface area (Å²) in [5.74, 6) is 0.480. The van der Waals surface area contributed by atoms with Crippen LogP contribution in [0.15, 0.2) is 0 Å². The van der Waals surface area contributed by atoms with Crippen molar-refractivity contribution in [2.75, 3.05) is 6.54 Å². The van der Waals surface area contributed by atoms with Crippen LogP contribution in [0.3, 0.4) is 0 Å². The van der Waals surface area contributed by atoms with E-state index in [4.69, 9.17) is 0 Å². The van der Waals surface area contributed by atoms with Crippen LogP contribution < -0.4 is 5.32 Å². The molecule has 0 aromatic carbocycles. The molecule has 1 aliphatic rings. The minimum Gasteiger partial charge on any atom is -0.343 e. The standard InChI is InChI=1S/C14H26N2O2/c1-5-6-7-8-16-11(4)13(17)15-12(14(16)18)9-10(2)3/h10-12H,5-9H2,1-4H3,(H,15,17). The average Bonchev–Trinajstić information content (AvgIpc) is 2.30. The van der Waals surface area contributed by atoms with Gasteiger partial charge in [0.15, 0.2) is 0 Å². The predicted molar refractivity (Wildman–Crippen MR) is 72.1 cm³/mol. The highest BCUT2D eigenvalue weighted by atomic mass is 16.2. The number of carbonyl (C=O) groups excluding carboxylic acids is 2. The van der Waals surface area contributed by atoms with Gasteiger partial charge in [0.1, 0.15) is 12.1 Å². The van der Waals surface area contributed by atoms with E-state index >= 15 is 0 Å². The lowest BCUT2D eigenvalue weighted by molar-refractivity contribution is -0.149. The normalized spacial score (nSPS) is 24.6. The number of nitrogens with one attached hydrogen (secondary N) is 1. The maximum atomic E-state index is 12.3. The van der Waals surface area contributed by atoms with Crippen molar-refractivity contribution < 1.29 is 9.59 Å². The summed E-state index contributed by atoms with van der Waals surface area (Å²) >= 11 is 0. The number of amides is 2. The number of piperazine rings is 1. The maximum absolute atomic E-state index is 12.3. The molecule has 1 rings (SSSR count). The number of carbonyl (C=O) groups is 2. The summed E-state index contributed by atoms with van der Waals surface area (Å²) in [5, 5.41) is 2.84. The second kappa shape index (κ2) is 6.76. The van der Waals surface area contributed by atoms with E-state index in [1.165, 1.54) is 0 Å². The van der Waals surface area contributed by atoms with E-state index in [1.807, 2.05) is 6.92 Å². The van der Waals surface area contributed by atoms with Gasteiger partial charge in [0.2, 0.25) is 11.8 Å². The molecule has 0 aromatic heterocycles. The number of hydrogen-bond acceptors (Lipinski definition) is 2. The number of rotatable bonds is 6. The van der Waals surface area contributed by atoms with Crippen LogP contribution in [0.5, 0.6) is 0 Å². The van der Waals surface area contributed by atoms with Gasteiger partial charge in [-0.2, -0.15) is 0 Å². The molecule has 1 fully saturated rings. The van der Waals surface area contributed by atoms with Crippen molar-refractivity contribution in [2.45, 2.75) is 65.5 Å². The molecule has 104 valence electrons. The fraction of sp³-hybridized carbons (Fsp3) is 0.857. The van der Waals surface area contributed by atoms with E-state index in [1.54, 1.807) is 4.90 Å². The molecule has 1 aliphatic heterocycles. The molecule has 4 heteroatoms. The van der Waals surface area contributed by atoms with Crippen LogP contribution in [0.2, 0.25) is 0 Å². The molecule has 1 heterocycles. The van der Waals surface area contributed by atoms with Gasteiger partial charge in [-0.1, -0.05) is 33.6 Å². The zero-order chi connectivity index (χ0) is 13.7. The Kier molecular flexibility index (Phi) is 5.63. The third-order valence-electron chi connectivity index (χ3n) is 3.45. The predicted octanol–water partition coefficient (Wildman–Crippen LogP) is 1.94. The Morgan fingerprint density at radius 2 is 1.94 bits per heavy atom. The first-order valence-electron chi connectivity index (χ1n) is 7.08. The van der Waals surface area contributed by atoms with Gasteiger partial charge in [-0.05, 0) is 25.7 Å². The lowest BCUT2D eigenvalue weighted by Gasteiger charge is -2.38. The highest BCUT2D eigenvalue weighted by Gasteiger charge is 2.37. The van der Waals surface area contributed by atoms with Gasteiger partial charge in [-0.25, -0.2) is 0 Å². The Balaban J connectivity index is 2.66. The van der Waals surface area contributed by atoms with Gasteiger partial charge in [0.25, 0.3) is 0 Å². The van der Waals surface area contributed by atoms with E-state index in [2.05, 4.69) is 26.1 Å². The fourth-order valence-corrected chi connectivity index (χ4v) is 2.35. The molecule has 0 spiro atoms. The van der Waals surface area contributed by atoms with Gasteiger partial charge in [-0.15, -0.1) is 0 Å². The Bertz CT molecular complexity index is 302. The molecule has 0 bridgehead atoms. The first-order chi connectivity index (χ1) is 8.47. The van der Waals surface area contributed by atoms with E-state index < -0.39 is 0 Å². The monoisotopic (exact) mass is 254 g/mol. The van der Waals surface area contributed by atoms with Gasteiger partial charge < -0.3 is 10.2 Å². The zero-order valence-corrected chi connectivity index (χ0v) is 12.0. The molecule has 0 aromatic rings. The summed E-state index contributed by atoms with van der Waals surface area (Å²) in [4.78, 5) is 25.9. The second-order valence-corrected chi connectivity index (χ2v) is 5.61. The van der Waals surface area contributed by atoms with Crippen molar-refractivity contribution in [1.29, 1.82) is 0 Å². The smallest absolute Gasteiger partial charge is 0.245 e. The van der Waals surface area contributed by atoms with E-state index in [-0.39, 0.29) is 23.9 Å². The molecule has 2 unspecified atom stereocenters. The van der Waals surface area contributed by atoms with Crippen LogP contribution in [-0.4, -0.2) is 35.3 Å². The van der Waals surface area contributed by atoms with E-state index in [0.717, 1.165) is 25.7 Å². The topological polar surface area (TPSA) is 49.4 Å². The fourth-order valence-electron chi connectivity index (χ4n) is 2.35. The summed E-state index contributed by atoms with van der Waals surface area (Å²) < 4.78 is 0. The molecule has 0 saturated carbocycles. The highest BCUT2D eigenvalue weighted by molar-refractivity contribution is 5.96. The molecule has 2 amide bonds. The summed E-state index contributed by atoms with van der Waals surface area (Å²) in [5.41, 5.74) is 0. The second-order valence-electron chi connectivity index (χ2n) is 5.61. The Morgan fingerprint density at radius 1 is 1.28 bits per heavy atom. The van der Waals surface area contributed by atoms with Crippen LogP contribution in [0.4, 0.5) is 0 Å². The molecule has 0 aliphatic carbocycles. The summed E-state index contributed by atoms with van der Waals surface area (Å²) in [7, 11) is 0. The minimum absolute atomic E-state index is 0.0169. The van der Waals surface area contributed by atoms with Gasteiger partial charge >= 0.3 is 0 Å². The van der Waals surface area contributed by atoms with Crippen LogP contribution in [-0.2, 0) is 9.59 Å². The quantitative estimate of drug-likeness (QED) is 0.736. The lowest BCUT2D eigenvalue weighted by atomic mass is 9.98. The molecular weight excluding hydrogens is 228 g/mol. The van der Waals surface area contributed by atoms with Crippen LogP contribution in [0, 0.1) is 5.92 Å². The van der Waals surface area contributed by atoms with Crippen molar-refractivity contribution in [3.8, 4) is 0 Å². The van der Waals surface area contributed by atoms with Crippen LogP contribution in [0.25, 0.3) is 0 Å². The Hall–Kier alpha value is -1.06. The summed E-state index contributed by atoms with van der Waals surface area (Å²) in [6.07, 6.45) is 3.93. The zero-order valence-electron chi connectivity index (χ0n) is 12.0. The number of nitrogens with zero attached hydrogens (tertiary/aromatic N) is 1. The third-order valence-corrected chi connectivity index (χ3v) is 3.45. The molecule has 2 atom stereocenters. The van der Waals surface area contributed by atoms with Crippen molar-refractivity contribution >= 4 is 11.8 Å². The van der Waals surface area contributed by atoms with Gasteiger partial charge in [-0.3, -0.25) is 9.59 Å². The minimum atomic E-state index is -0.324. The van der Waals surface area contributed by atoms with Gasteiger partial charge in [0, 0.05) is 6.54 Å². The van der Waals surface area contributed by atoms with Crippen LogP contribution >= 0.6 is 0 Å². The molecule has 0 radical (unpaired) electrons.